The predicted molar refractivity (Wildman–Crippen MR) is 75.8 cm³/mol. The van der Waals surface area contributed by atoms with Crippen LogP contribution < -0.4 is 4.52 Å². The quantitative estimate of drug-likeness (QED) is 0.539. The highest BCUT2D eigenvalue weighted by atomic mass is 79.9. The van der Waals surface area contributed by atoms with Crippen molar-refractivity contribution in [3.8, 4) is 11.4 Å². The molecule has 4 aromatic rings. The number of hydrogen-bond donors (Lipinski definition) is 1. The van der Waals surface area contributed by atoms with Gasteiger partial charge in [0.1, 0.15) is 0 Å². The second-order valence-corrected chi connectivity index (χ2v) is 5.19. The van der Waals surface area contributed by atoms with E-state index in [-0.39, 0.29) is 0 Å². The molecule has 92 valence electrons. The van der Waals surface area contributed by atoms with Crippen LogP contribution in [0.4, 0.5) is 0 Å². The Morgan fingerprint density at radius 2 is 1.84 bits per heavy atom. The molecule has 0 aliphatic heterocycles. The molecule has 0 atom stereocenters. The van der Waals surface area contributed by atoms with Gasteiger partial charge >= 0.3 is 0 Å². The second-order valence-electron chi connectivity index (χ2n) is 4.33. The summed E-state index contributed by atoms with van der Waals surface area (Å²) in [6.45, 7) is 0. The summed E-state index contributed by atoms with van der Waals surface area (Å²) in [7, 11) is 0. The van der Waals surface area contributed by atoms with E-state index in [2.05, 4.69) is 38.1 Å². The number of halogens is 1. The molecule has 5 heteroatoms. The van der Waals surface area contributed by atoms with Crippen molar-refractivity contribution in [1.29, 1.82) is 0 Å². The van der Waals surface area contributed by atoms with Gasteiger partial charge in [0, 0.05) is 4.47 Å². The minimum atomic E-state index is 0.878. The van der Waals surface area contributed by atoms with Crippen LogP contribution in [0.5, 0.6) is 0 Å². The van der Waals surface area contributed by atoms with E-state index in [9.17, 15) is 0 Å². The van der Waals surface area contributed by atoms with Gasteiger partial charge in [-0.05, 0) is 40.2 Å². The Hall–Kier alpha value is -2.14. The van der Waals surface area contributed by atoms with Gasteiger partial charge in [0.25, 0.3) is 12.2 Å². The van der Waals surface area contributed by atoms with Gasteiger partial charge in [0.05, 0.1) is 5.56 Å². The van der Waals surface area contributed by atoms with E-state index in [1.165, 1.54) is 0 Å². The van der Waals surface area contributed by atoms with Gasteiger partial charge in [-0.2, -0.15) is 5.10 Å². The van der Waals surface area contributed by atoms with Gasteiger partial charge in [-0.3, -0.25) is 0 Å². The molecule has 0 spiro atoms. The van der Waals surface area contributed by atoms with Crippen molar-refractivity contribution in [2.75, 3.05) is 0 Å². The SMILES string of the molecule is Brc1ccccc1-c1nc[n+]2c3ccccc3[nH]n12. The lowest BCUT2D eigenvalue weighted by Gasteiger charge is -1.96. The summed E-state index contributed by atoms with van der Waals surface area (Å²) >= 11 is 3.57. The van der Waals surface area contributed by atoms with Crippen molar-refractivity contribution in [3.05, 3.63) is 59.3 Å². The van der Waals surface area contributed by atoms with E-state index >= 15 is 0 Å². The second kappa shape index (κ2) is 3.93. The van der Waals surface area contributed by atoms with Gasteiger partial charge in [-0.1, -0.05) is 33.9 Å². The summed E-state index contributed by atoms with van der Waals surface area (Å²) in [4.78, 5) is 4.50. The van der Waals surface area contributed by atoms with E-state index in [4.69, 9.17) is 0 Å². The van der Waals surface area contributed by atoms with Crippen LogP contribution in [0.25, 0.3) is 22.4 Å². The molecular formula is C14H10BrN4+. The number of hydrogen-bond acceptors (Lipinski definition) is 1. The standard InChI is InChI=1S/C14H10BrN4/c15-11-6-2-1-5-10(11)14-16-9-18-13-8-4-3-7-12(13)17-19(14)18/h1-9,17H/q+1. The zero-order valence-corrected chi connectivity index (χ0v) is 11.5. The predicted octanol–water partition coefficient (Wildman–Crippen LogP) is 2.83. The summed E-state index contributed by atoms with van der Waals surface area (Å²) in [5.74, 6) is 0.878. The third-order valence-electron chi connectivity index (χ3n) is 3.20. The number of fused-ring (bicyclic) bond motifs is 3. The Morgan fingerprint density at radius 3 is 2.74 bits per heavy atom. The van der Waals surface area contributed by atoms with Crippen molar-refractivity contribution < 1.29 is 4.52 Å². The van der Waals surface area contributed by atoms with Crippen LogP contribution in [0, 0.1) is 0 Å². The number of para-hydroxylation sites is 2. The molecule has 0 fully saturated rings. The highest BCUT2D eigenvalue weighted by Gasteiger charge is 2.19. The van der Waals surface area contributed by atoms with E-state index in [1.807, 2.05) is 51.9 Å². The lowest BCUT2D eigenvalue weighted by Crippen LogP contribution is -2.24. The van der Waals surface area contributed by atoms with E-state index < -0.39 is 0 Å². The molecule has 2 heterocycles. The van der Waals surface area contributed by atoms with Crippen molar-refractivity contribution in [1.82, 2.24) is 14.7 Å². The highest BCUT2D eigenvalue weighted by Crippen LogP contribution is 2.25. The maximum atomic E-state index is 4.50. The molecule has 2 aromatic heterocycles. The first-order valence-corrected chi connectivity index (χ1v) is 6.75. The fourth-order valence-corrected chi connectivity index (χ4v) is 2.76. The molecule has 4 nitrogen and oxygen atoms in total. The molecule has 2 aromatic carbocycles. The molecular weight excluding hydrogens is 304 g/mol. The molecule has 4 rings (SSSR count). The maximum absolute atomic E-state index is 4.50. The van der Waals surface area contributed by atoms with Crippen LogP contribution in [-0.2, 0) is 0 Å². The van der Waals surface area contributed by atoms with Crippen LogP contribution in [-0.4, -0.2) is 14.7 Å². The van der Waals surface area contributed by atoms with Crippen LogP contribution in [0.2, 0.25) is 0 Å². The van der Waals surface area contributed by atoms with Gasteiger partial charge in [0.15, 0.2) is 11.0 Å². The molecule has 0 unspecified atom stereocenters. The van der Waals surface area contributed by atoms with Gasteiger partial charge in [0.2, 0.25) is 0 Å². The Labute approximate surface area is 117 Å². The molecule has 0 aliphatic rings. The highest BCUT2D eigenvalue weighted by molar-refractivity contribution is 9.10. The maximum Gasteiger partial charge on any atom is 0.279 e. The third-order valence-corrected chi connectivity index (χ3v) is 3.89. The van der Waals surface area contributed by atoms with Crippen molar-refractivity contribution in [3.63, 3.8) is 0 Å². The fourth-order valence-electron chi connectivity index (χ4n) is 2.30. The Morgan fingerprint density at radius 1 is 1.05 bits per heavy atom. The van der Waals surface area contributed by atoms with Crippen LogP contribution >= 0.6 is 15.9 Å². The number of aromatic nitrogens is 4. The molecule has 0 bridgehead atoms. The fraction of sp³-hybridized carbons (Fsp3) is 0. The third kappa shape index (κ3) is 1.51. The van der Waals surface area contributed by atoms with Gasteiger partial charge in [-0.15, -0.1) is 4.52 Å². The number of rotatable bonds is 1. The topological polar surface area (TPSA) is 37.2 Å². The molecule has 0 radical (unpaired) electrons. The smallest absolute Gasteiger partial charge is 0.198 e. The number of aromatic amines is 1. The van der Waals surface area contributed by atoms with Crippen LogP contribution in [0.15, 0.2) is 59.3 Å². The van der Waals surface area contributed by atoms with Crippen LogP contribution in [0.1, 0.15) is 0 Å². The number of H-pyrrole nitrogens is 1. The monoisotopic (exact) mass is 313 g/mol. The van der Waals surface area contributed by atoms with E-state index in [0.717, 1.165) is 26.9 Å². The zero-order valence-electron chi connectivity index (χ0n) is 9.92. The van der Waals surface area contributed by atoms with E-state index in [0.29, 0.717) is 0 Å². The molecule has 0 saturated heterocycles. The lowest BCUT2D eigenvalue weighted by molar-refractivity contribution is -0.593. The number of nitrogens with zero attached hydrogens (tertiary/aromatic N) is 3. The summed E-state index contributed by atoms with van der Waals surface area (Å²) < 4.78 is 4.98. The molecule has 0 amide bonds. The summed E-state index contributed by atoms with van der Waals surface area (Å²) in [6.07, 6.45) is 1.83. The minimum absolute atomic E-state index is 0.878. The molecule has 19 heavy (non-hydrogen) atoms. The average Bonchev–Trinajstić information content (AvgIpc) is 2.98. The molecule has 0 aliphatic carbocycles. The Kier molecular flexibility index (Phi) is 2.22. The molecule has 1 N–H and O–H groups in total. The van der Waals surface area contributed by atoms with Gasteiger partial charge < -0.3 is 0 Å². The van der Waals surface area contributed by atoms with Crippen LogP contribution in [0.3, 0.4) is 0 Å². The first kappa shape index (κ1) is 10.8. The van der Waals surface area contributed by atoms with Crippen molar-refractivity contribution in [2.45, 2.75) is 0 Å². The van der Waals surface area contributed by atoms with Crippen molar-refractivity contribution in [2.24, 2.45) is 0 Å². The Balaban J connectivity index is 2.09. The van der Waals surface area contributed by atoms with E-state index in [1.54, 1.807) is 0 Å². The first-order chi connectivity index (χ1) is 9.34. The first-order valence-electron chi connectivity index (χ1n) is 5.95. The Bertz CT molecular complexity index is 891. The number of nitrogens with one attached hydrogen (secondary N) is 1. The van der Waals surface area contributed by atoms with Gasteiger partial charge in [-0.25, -0.2) is 0 Å². The summed E-state index contributed by atoms with van der Waals surface area (Å²) in [5.41, 5.74) is 3.24. The summed E-state index contributed by atoms with van der Waals surface area (Å²) in [5, 5.41) is 3.35. The average molecular weight is 314 g/mol. The summed E-state index contributed by atoms with van der Waals surface area (Å²) in [6, 6.07) is 16.2. The molecule has 0 saturated carbocycles. The minimum Gasteiger partial charge on any atom is -0.198 e. The lowest BCUT2D eigenvalue weighted by atomic mass is 10.2. The normalized spacial score (nSPS) is 11.4. The van der Waals surface area contributed by atoms with Crippen molar-refractivity contribution >= 4 is 27.0 Å². The largest absolute Gasteiger partial charge is 0.279 e. The zero-order chi connectivity index (χ0) is 12.8. The number of benzene rings is 2.